The molecule has 0 aliphatic heterocycles. The summed E-state index contributed by atoms with van der Waals surface area (Å²) >= 11 is 0. The summed E-state index contributed by atoms with van der Waals surface area (Å²) in [4.78, 5) is 19.4. The van der Waals surface area contributed by atoms with Gasteiger partial charge in [-0.2, -0.15) is 0 Å². The number of nitrogens with zero attached hydrogens (tertiary/aromatic N) is 3. The Labute approximate surface area is 154 Å². The Kier molecular flexibility index (Phi) is 5.21. The minimum atomic E-state index is 0.119. The Morgan fingerprint density at radius 3 is 2.69 bits per heavy atom. The predicted molar refractivity (Wildman–Crippen MR) is 109 cm³/mol. The molecule has 4 nitrogen and oxygen atoms in total. The summed E-state index contributed by atoms with van der Waals surface area (Å²) in [6, 6.07) is 14.1. The van der Waals surface area contributed by atoms with Crippen molar-refractivity contribution in [2.75, 3.05) is 13.6 Å². The highest BCUT2D eigenvalue weighted by Gasteiger charge is 2.13. The van der Waals surface area contributed by atoms with Gasteiger partial charge in [-0.05, 0) is 61.5 Å². The SMILES string of the molecule is CCN(C)/C=N\c1cc(C)c(C(=O)Cn2ccc3ccccc32)cc1C. The van der Waals surface area contributed by atoms with Gasteiger partial charge in [0, 0.05) is 30.9 Å². The van der Waals surface area contributed by atoms with Crippen LogP contribution in [0.5, 0.6) is 0 Å². The summed E-state index contributed by atoms with van der Waals surface area (Å²) in [6.45, 7) is 7.30. The second-order valence-electron chi connectivity index (χ2n) is 6.70. The van der Waals surface area contributed by atoms with E-state index in [-0.39, 0.29) is 5.78 Å². The first-order valence-electron chi connectivity index (χ1n) is 8.92. The number of aryl methyl sites for hydroxylation is 2. The fourth-order valence-corrected chi connectivity index (χ4v) is 3.00. The number of aromatic nitrogens is 1. The molecule has 134 valence electrons. The van der Waals surface area contributed by atoms with Gasteiger partial charge in [-0.3, -0.25) is 4.79 Å². The van der Waals surface area contributed by atoms with Gasteiger partial charge in [-0.25, -0.2) is 4.99 Å². The Hall–Kier alpha value is -2.88. The maximum absolute atomic E-state index is 12.9. The molecule has 0 N–H and O–H groups in total. The van der Waals surface area contributed by atoms with E-state index in [4.69, 9.17) is 0 Å². The zero-order chi connectivity index (χ0) is 18.7. The van der Waals surface area contributed by atoms with Crippen molar-refractivity contribution in [3.05, 3.63) is 65.4 Å². The molecular formula is C22H25N3O. The molecule has 0 saturated heterocycles. The molecule has 0 spiro atoms. The van der Waals surface area contributed by atoms with Crippen LogP contribution in [0.2, 0.25) is 0 Å². The van der Waals surface area contributed by atoms with E-state index in [0.717, 1.165) is 39.8 Å². The number of aliphatic imine (C=N–C) groups is 1. The van der Waals surface area contributed by atoms with Crippen LogP contribution >= 0.6 is 0 Å². The largest absolute Gasteiger partial charge is 0.366 e. The van der Waals surface area contributed by atoms with Gasteiger partial charge in [0.1, 0.15) is 0 Å². The zero-order valence-corrected chi connectivity index (χ0v) is 15.9. The van der Waals surface area contributed by atoms with Gasteiger partial charge in [-0.1, -0.05) is 18.2 Å². The number of hydrogen-bond donors (Lipinski definition) is 0. The number of benzene rings is 2. The molecule has 1 heterocycles. The number of carbonyl (C=O) groups excluding carboxylic acids is 1. The third-order valence-corrected chi connectivity index (χ3v) is 4.73. The molecule has 0 aliphatic rings. The van der Waals surface area contributed by atoms with Gasteiger partial charge in [0.25, 0.3) is 0 Å². The average Bonchev–Trinajstić information content (AvgIpc) is 3.04. The normalized spacial score (nSPS) is 11.4. The van der Waals surface area contributed by atoms with Crippen molar-refractivity contribution in [3.63, 3.8) is 0 Å². The van der Waals surface area contributed by atoms with Crippen molar-refractivity contribution < 1.29 is 4.79 Å². The van der Waals surface area contributed by atoms with Gasteiger partial charge in [0.15, 0.2) is 5.78 Å². The molecule has 26 heavy (non-hydrogen) atoms. The topological polar surface area (TPSA) is 37.6 Å². The maximum Gasteiger partial charge on any atom is 0.182 e. The molecule has 2 aromatic carbocycles. The number of rotatable bonds is 6. The van der Waals surface area contributed by atoms with Crippen molar-refractivity contribution in [1.29, 1.82) is 0 Å². The average molecular weight is 347 g/mol. The van der Waals surface area contributed by atoms with Crippen LogP contribution < -0.4 is 0 Å². The number of ketones is 1. The monoisotopic (exact) mass is 347 g/mol. The van der Waals surface area contributed by atoms with E-state index in [1.165, 1.54) is 0 Å². The molecule has 0 saturated carbocycles. The lowest BCUT2D eigenvalue weighted by atomic mass is 10.0. The van der Waals surface area contributed by atoms with Crippen LogP contribution in [-0.4, -0.2) is 35.2 Å². The van der Waals surface area contributed by atoms with E-state index < -0.39 is 0 Å². The Morgan fingerprint density at radius 1 is 1.15 bits per heavy atom. The number of Topliss-reactive ketones (excluding diaryl/α,β-unsaturated/α-hetero) is 1. The number of hydrogen-bond acceptors (Lipinski definition) is 2. The lowest BCUT2D eigenvalue weighted by Crippen LogP contribution is -2.14. The lowest BCUT2D eigenvalue weighted by molar-refractivity contribution is 0.0973. The van der Waals surface area contributed by atoms with Crippen molar-refractivity contribution >= 4 is 28.7 Å². The van der Waals surface area contributed by atoms with Crippen LogP contribution in [0.15, 0.2) is 53.7 Å². The molecule has 4 heteroatoms. The summed E-state index contributed by atoms with van der Waals surface area (Å²) in [5, 5.41) is 1.15. The van der Waals surface area contributed by atoms with Crippen LogP contribution in [0.4, 0.5) is 5.69 Å². The second-order valence-corrected chi connectivity index (χ2v) is 6.70. The molecule has 0 atom stereocenters. The van der Waals surface area contributed by atoms with Gasteiger partial charge in [0.05, 0.1) is 18.6 Å². The summed E-state index contributed by atoms with van der Waals surface area (Å²) in [6.07, 6.45) is 3.80. The molecule has 3 rings (SSSR count). The Balaban J connectivity index is 1.85. The van der Waals surface area contributed by atoms with E-state index in [0.29, 0.717) is 6.54 Å². The fourth-order valence-electron chi connectivity index (χ4n) is 3.00. The molecule has 0 aliphatic carbocycles. The molecule has 0 amide bonds. The minimum absolute atomic E-state index is 0.119. The van der Waals surface area contributed by atoms with Gasteiger partial charge in [0.2, 0.25) is 0 Å². The van der Waals surface area contributed by atoms with E-state index >= 15 is 0 Å². The number of carbonyl (C=O) groups is 1. The van der Waals surface area contributed by atoms with Crippen LogP contribution in [0.25, 0.3) is 10.9 Å². The predicted octanol–water partition coefficient (Wildman–Crippen LogP) is 4.75. The summed E-state index contributed by atoms with van der Waals surface area (Å²) < 4.78 is 2.01. The highest BCUT2D eigenvalue weighted by atomic mass is 16.1. The highest BCUT2D eigenvalue weighted by molar-refractivity contribution is 5.98. The van der Waals surface area contributed by atoms with Crippen LogP contribution in [0, 0.1) is 13.8 Å². The quantitative estimate of drug-likeness (QED) is 0.366. The fraction of sp³-hybridized carbons (Fsp3) is 0.273. The van der Waals surface area contributed by atoms with E-state index in [1.54, 1.807) is 0 Å². The molecule has 1 aromatic heterocycles. The van der Waals surface area contributed by atoms with E-state index in [9.17, 15) is 4.79 Å². The molecule has 0 fully saturated rings. The summed E-state index contributed by atoms with van der Waals surface area (Å²) in [5.74, 6) is 0.119. The van der Waals surface area contributed by atoms with Crippen molar-refractivity contribution in [2.45, 2.75) is 27.3 Å². The maximum atomic E-state index is 12.9. The molecule has 0 unspecified atom stereocenters. The van der Waals surface area contributed by atoms with E-state index in [1.807, 2.05) is 79.3 Å². The van der Waals surface area contributed by atoms with Gasteiger partial charge < -0.3 is 9.47 Å². The van der Waals surface area contributed by atoms with Crippen molar-refractivity contribution in [1.82, 2.24) is 9.47 Å². The third-order valence-electron chi connectivity index (χ3n) is 4.73. The Morgan fingerprint density at radius 2 is 1.92 bits per heavy atom. The summed E-state index contributed by atoms with van der Waals surface area (Å²) in [5.41, 5.74) is 4.73. The van der Waals surface area contributed by atoms with Crippen LogP contribution in [-0.2, 0) is 6.54 Å². The van der Waals surface area contributed by atoms with E-state index in [2.05, 4.69) is 18.0 Å². The third kappa shape index (κ3) is 3.69. The number of fused-ring (bicyclic) bond motifs is 1. The molecular weight excluding hydrogens is 322 g/mol. The van der Waals surface area contributed by atoms with Crippen molar-refractivity contribution in [2.24, 2.45) is 4.99 Å². The second kappa shape index (κ2) is 7.56. The van der Waals surface area contributed by atoms with Gasteiger partial charge >= 0.3 is 0 Å². The lowest BCUT2D eigenvalue weighted by Gasteiger charge is -2.12. The van der Waals surface area contributed by atoms with Crippen LogP contribution in [0.1, 0.15) is 28.4 Å². The standard InChI is InChI=1S/C22H25N3O/c1-5-24(4)15-23-20-13-16(2)19(12-17(20)3)22(26)14-25-11-10-18-8-6-7-9-21(18)25/h6-13,15H,5,14H2,1-4H3/b23-15-. The molecule has 3 aromatic rings. The first kappa shape index (κ1) is 17.9. The first-order valence-corrected chi connectivity index (χ1v) is 8.92. The number of para-hydroxylation sites is 1. The van der Waals surface area contributed by atoms with Gasteiger partial charge in [-0.15, -0.1) is 0 Å². The minimum Gasteiger partial charge on any atom is -0.366 e. The summed E-state index contributed by atoms with van der Waals surface area (Å²) in [7, 11) is 1.99. The Bertz CT molecular complexity index is 969. The zero-order valence-electron chi connectivity index (χ0n) is 15.9. The smallest absolute Gasteiger partial charge is 0.182 e. The first-order chi connectivity index (χ1) is 12.5. The van der Waals surface area contributed by atoms with Crippen LogP contribution in [0.3, 0.4) is 0 Å². The highest BCUT2D eigenvalue weighted by Crippen LogP contribution is 2.24. The van der Waals surface area contributed by atoms with Crippen molar-refractivity contribution in [3.8, 4) is 0 Å². The molecule has 0 radical (unpaired) electrons. The molecule has 0 bridgehead atoms.